The van der Waals surface area contributed by atoms with Gasteiger partial charge in [-0.15, -0.1) is 10.2 Å². The average molecular weight is 718 g/mol. The number of hydrogen-bond acceptors (Lipinski definition) is 12. The zero-order valence-corrected chi connectivity index (χ0v) is 29.5. The number of piperazine rings is 1. The number of carbonyl (C=O) groups is 4. The van der Waals surface area contributed by atoms with Crippen molar-refractivity contribution in [3.8, 4) is 17.0 Å². The molecule has 14 nitrogen and oxygen atoms in total. The van der Waals surface area contributed by atoms with Crippen LogP contribution in [0.5, 0.6) is 5.75 Å². The third-order valence-corrected chi connectivity index (χ3v) is 13.0. The largest absolute Gasteiger partial charge is 0.507 e. The molecule has 14 heteroatoms. The van der Waals surface area contributed by atoms with E-state index in [1.165, 1.54) is 13.1 Å². The second kappa shape index (κ2) is 12.5. The summed E-state index contributed by atoms with van der Waals surface area (Å²) >= 11 is 0. The zero-order valence-electron chi connectivity index (χ0n) is 29.5. The van der Waals surface area contributed by atoms with Gasteiger partial charge in [-0.05, 0) is 73.4 Å². The summed E-state index contributed by atoms with van der Waals surface area (Å²) in [5.41, 5.74) is 4.03. The van der Waals surface area contributed by atoms with Gasteiger partial charge in [-0.1, -0.05) is 12.1 Å². The molecule has 1 unspecified atom stereocenters. The highest BCUT2D eigenvalue weighted by Crippen LogP contribution is 2.53. The molecule has 7 aliphatic rings. The maximum atomic E-state index is 13.3. The molecule has 53 heavy (non-hydrogen) atoms. The van der Waals surface area contributed by atoms with Crippen LogP contribution in [-0.4, -0.2) is 131 Å². The monoisotopic (exact) mass is 717 g/mol. The summed E-state index contributed by atoms with van der Waals surface area (Å²) in [6, 6.07) is 14.7. The Morgan fingerprint density at radius 3 is 2.38 bits per heavy atom. The molecule has 6 aliphatic heterocycles. The molecule has 7 heterocycles. The van der Waals surface area contributed by atoms with Crippen molar-refractivity contribution in [2.75, 3.05) is 74.0 Å². The zero-order chi connectivity index (χ0) is 36.0. The molecule has 0 radical (unpaired) electrons. The summed E-state index contributed by atoms with van der Waals surface area (Å²) in [5, 5.41) is 25.0. The third kappa shape index (κ3) is 5.52. The molecule has 3 N–H and O–H groups in total. The summed E-state index contributed by atoms with van der Waals surface area (Å²) < 4.78 is 0. The number of fused-ring (bicyclic) bond motifs is 5. The number of aromatic nitrogens is 2. The number of aromatic hydroxyl groups is 1. The summed E-state index contributed by atoms with van der Waals surface area (Å²) in [4.78, 5) is 61.7. The Hall–Kier alpha value is -5.08. The van der Waals surface area contributed by atoms with Crippen LogP contribution < -0.4 is 20.4 Å². The van der Waals surface area contributed by atoms with Gasteiger partial charge in [-0.25, -0.2) is 0 Å². The van der Waals surface area contributed by atoms with E-state index in [0.717, 1.165) is 98.5 Å². The number of piperidine rings is 3. The first-order valence-corrected chi connectivity index (χ1v) is 19.0. The molecule has 1 aliphatic carbocycles. The van der Waals surface area contributed by atoms with E-state index in [0.29, 0.717) is 34.5 Å². The van der Waals surface area contributed by atoms with Crippen molar-refractivity contribution >= 4 is 40.8 Å². The van der Waals surface area contributed by atoms with E-state index in [4.69, 9.17) is 0 Å². The second-order valence-electron chi connectivity index (χ2n) is 15.8. The third-order valence-electron chi connectivity index (χ3n) is 13.0. The molecule has 274 valence electrons. The summed E-state index contributed by atoms with van der Waals surface area (Å²) in [6.45, 7) is 9.15. The molecule has 1 saturated carbocycles. The van der Waals surface area contributed by atoms with Crippen LogP contribution in [0.3, 0.4) is 0 Å². The van der Waals surface area contributed by atoms with Crippen molar-refractivity contribution in [2.24, 2.45) is 17.8 Å². The normalized spacial score (nSPS) is 28.7. The number of benzene rings is 2. The first kappa shape index (κ1) is 32.6. The fraction of sp³-hybridized carbons (Fsp3) is 0.487. The fourth-order valence-electron chi connectivity index (χ4n) is 10.0. The number of phenolic OH excluding ortho intramolecular Hbond substituents is 1. The van der Waals surface area contributed by atoms with Crippen molar-refractivity contribution in [3.63, 3.8) is 0 Å². The molecule has 3 aromatic rings. The Bertz CT molecular complexity index is 2020. The SMILES string of the molecule is O=C1CCC(N2C(=O)c3ccc(N4CCC(N5C[C@@H]6[C@@H](CN7CCN8c9cc(-c%10ccccc%10O)nnc9NC[C@H]8C7)[C@@H]6C5)CC4)cc3C2=O)C(=O)N1. The van der Waals surface area contributed by atoms with Crippen molar-refractivity contribution in [1.29, 1.82) is 0 Å². The fourth-order valence-corrected chi connectivity index (χ4v) is 10.0. The minimum absolute atomic E-state index is 0.107. The van der Waals surface area contributed by atoms with Gasteiger partial charge in [-0.2, -0.15) is 0 Å². The van der Waals surface area contributed by atoms with Crippen LogP contribution in [0.1, 0.15) is 46.4 Å². The quantitative estimate of drug-likeness (QED) is 0.320. The lowest BCUT2D eigenvalue weighted by Crippen LogP contribution is -2.58. The molecule has 0 bridgehead atoms. The molecular formula is C39H43N9O5. The predicted molar refractivity (Wildman–Crippen MR) is 196 cm³/mol. The summed E-state index contributed by atoms with van der Waals surface area (Å²) in [6.07, 6.45) is 2.38. The lowest BCUT2D eigenvalue weighted by atomic mass is 10.0. The van der Waals surface area contributed by atoms with Crippen LogP contribution in [0.15, 0.2) is 48.5 Å². The van der Waals surface area contributed by atoms with E-state index in [1.807, 2.05) is 24.3 Å². The topological polar surface area (TPSA) is 155 Å². The van der Waals surface area contributed by atoms with Crippen LogP contribution in [0, 0.1) is 17.8 Å². The highest BCUT2D eigenvalue weighted by atomic mass is 16.3. The van der Waals surface area contributed by atoms with Crippen LogP contribution in [0.25, 0.3) is 11.3 Å². The van der Waals surface area contributed by atoms with E-state index >= 15 is 0 Å². The van der Waals surface area contributed by atoms with Gasteiger partial charge in [0.15, 0.2) is 5.82 Å². The first-order valence-electron chi connectivity index (χ1n) is 19.0. The average Bonchev–Trinajstić information content (AvgIpc) is 3.47. The van der Waals surface area contributed by atoms with Crippen molar-refractivity contribution in [1.82, 2.24) is 30.2 Å². The molecule has 4 saturated heterocycles. The number of rotatable bonds is 6. The molecule has 0 spiro atoms. The Morgan fingerprint density at radius 2 is 1.58 bits per heavy atom. The second-order valence-corrected chi connectivity index (χ2v) is 15.8. The number of hydrogen-bond donors (Lipinski definition) is 3. The standard InChI is InChI=1S/C39H43N9O5/c49-34-4-2-1-3-26(34)31-16-33-36(43-42-31)40-17-24-18-44(13-14-47(24)33)19-28-29-20-46(21-30(28)29)22-9-11-45(12-10-22)23-5-6-25-27(15-23)39(53)48(38(25)52)32-7-8-35(50)41-37(32)51/h1-6,15-16,22,24,28-30,32,49H,7-14,17-21H2,(H,40,43)(H,41,50,51)/t24-,28-,29-,30+,32?/m0/s1. The maximum Gasteiger partial charge on any atom is 0.262 e. The van der Waals surface area contributed by atoms with E-state index in [9.17, 15) is 24.3 Å². The van der Waals surface area contributed by atoms with Gasteiger partial charge in [0, 0.05) is 82.6 Å². The van der Waals surface area contributed by atoms with E-state index in [-0.39, 0.29) is 24.5 Å². The lowest BCUT2D eigenvalue weighted by Gasteiger charge is -2.46. The Labute approximate surface area is 307 Å². The summed E-state index contributed by atoms with van der Waals surface area (Å²) in [7, 11) is 0. The number of amides is 4. The van der Waals surface area contributed by atoms with Gasteiger partial charge < -0.3 is 20.2 Å². The Balaban J connectivity index is 0.710. The molecule has 4 amide bonds. The predicted octanol–water partition coefficient (Wildman–Crippen LogP) is 2.01. The van der Waals surface area contributed by atoms with E-state index in [2.05, 4.69) is 46.5 Å². The number of phenols is 1. The molecule has 1 aromatic heterocycles. The lowest BCUT2D eigenvalue weighted by molar-refractivity contribution is -0.136. The first-order chi connectivity index (χ1) is 25.8. The van der Waals surface area contributed by atoms with Gasteiger partial charge in [0.25, 0.3) is 11.8 Å². The number of nitrogens with zero attached hydrogens (tertiary/aromatic N) is 7. The van der Waals surface area contributed by atoms with Crippen molar-refractivity contribution < 1.29 is 24.3 Å². The maximum absolute atomic E-state index is 13.3. The van der Waals surface area contributed by atoms with E-state index in [1.54, 1.807) is 18.2 Å². The van der Waals surface area contributed by atoms with Crippen LogP contribution in [0.4, 0.5) is 17.2 Å². The van der Waals surface area contributed by atoms with Crippen molar-refractivity contribution in [2.45, 2.75) is 43.8 Å². The summed E-state index contributed by atoms with van der Waals surface area (Å²) in [5.74, 6) is 1.46. The number of carbonyl (C=O) groups excluding carboxylic acids is 4. The number of para-hydroxylation sites is 1. The molecule has 10 rings (SSSR count). The highest BCUT2D eigenvalue weighted by molar-refractivity contribution is 6.23. The van der Waals surface area contributed by atoms with Gasteiger partial charge >= 0.3 is 0 Å². The van der Waals surface area contributed by atoms with Gasteiger partial charge in [0.1, 0.15) is 11.8 Å². The number of imide groups is 2. The molecule has 5 atom stereocenters. The molecule has 5 fully saturated rings. The molecule has 2 aromatic carbocycles. The number of likely N-dealkylation sites (tertiary alicyclic amines) is 1. The smallest absolute Gasteiger partial charge is 0.262 e. The minimum Gasteiger partial charge on any atom is -0.507 e. The van der Waals surface area contributed by atoms with Gasteiger partial charge in [0.2, 0.25) is 11.8 Å². The number of anilines is 3. The van der Waals surface area contributed by atoms with Crippen LogP contribution in [-0.2, 0) is 9.59 Å². The van der Waals surface area contributed by atoms with Gasteiger partial charge in [0.05, 0.1) is 28.6 Å². The van der Waals surface area contributed by atoms with E-state index < -0.39 is 23.8 Å². The van der Waals surface area contributed by atoms with Crippen LogP contribution in [0.2, 0.25) is 0 Å². The highest BCUT2D eigenvalue weighted by Gasteiger charge is 2.57. The Morgan fingerprint density at radius 1 is 0.792 bits per heavy atom. The number of nitrogens with one attached hydrogen (secondary N) is 2. The van der Waals surface area contributed by atoms with Crippen LogP contribution >= 0.6 is 0 Å². The Kier molecular flexibility index (Phi) is 7.69. The van der Waals surface area contributed by atoms with Crippen molar-refractivity contribution in [3.05, 3.63) is 59.7 Å². The molecular weight excluding hydrogens is 674 g/mol. The van der Waals surface area contributed by atoms with Gasteiger partial charge in [-0.3, -0.25) is 39.2 Å². The minimum atomic E-state index is -0.953.